The van der Waals surface area contributed by atoms with Crippen molar-refractivity contribution < 1.29 is 24.5 Å². The first-order valence-corrected chi connectivity index (χ1v) is 31.8. The van der Waals surface area contributed by atoms with Gasteiger partial charge in [-0.25, -0.2) is 0 Å². The minimum atomic E-state index is -0.681. The molecule has 6 nitrogen and oxygen atoms in total. The number of hydrogen-bond acceptors (Lipinski definition) is 5. The smallest absolute Gasteiger partial charge is 0.305 e. The third kappa shape index (κ3) is 57.2. The highest BCUT2D eigenvalue weighted by Gasteiger charge is 2.20. The maximum atomic E-state index is 12.5. The maximum absolute atomic E-state index is 12.5. The van der Waals surface area contributed by atoms with E-state index in [0.29, 0.717) is 25.9 Å². The van der Waals surface area contributed by atoms with Crippen LogP contribution in [-0.2, 0) is 14.3 Å². The van der Waals surface area contributed by atoms with Gasteiger partial charge in [-0.05, 0) is 83.5 Å². The molecule has 0 radical (unpaired) electrons. The molecule has 71 heavy (non-hydrogen) atoms. The molecule has 0 saturated heterocycles. The van der Waals surface area contributed by atoms with Crippen molar-refractivity contribution in [2.24, 2.45) is 0 Å². The molecule has 0 aliphatic carbocycles. The Morgan fingerprint density at radius 1 is 0.394 bits per heavy atom. The largest absolute Gasteiger partial charge is 0.466 e. The summed E-state index contributed by atoms with van der Waals surface area (Å²) in [4.78, 5) is 24.6. The Morgan fingerprint density at radius 2 is 0.704 bits per heavy atom. The Bertz CT molecular complexity index is 1150. The summed E-state index contributed by atoms with van der Waals surface area (Å²) in [5.74, 6) is -0.0832. The molecular formula is C65H123NO5. The van der Waals surface area contributed by atoms with Gasteiger partial charge in [0.15, 0.2) is 0 Å². The highest BCUT2D eigenvalue weighted by atomic mass is 16.5. The van der Waals surface area contributed by atoms with E-state index in [2.05, 4.69) is 55.6 Å². The molecule has 0 bridgehead atoms. The van der Waals surface area contributed by atoms with E-state index in [1.807, 2.05) is 0 Å². The Morgan fingerprint density at radius 3 is 1.08 bits per heavy atom. The van der Waals surface area contributed by atoms with E-state index >= 15 is 0 Å². The number of aliphatic hydroxyl groups excluding tert-OH is 2. The van der Waals surface area contributed by atoms with Crippen LogP contribution in [-0.4, -0.2) is 47.4 Å². The zero-order valence-electron chi connectivity index (χ0n) is 47.7. The maximum Gasteiger partial charge on any atom is 0.305 e. The summed E-state index contributed by atoms with van der Waals surface area (Å²) in [5, 5.41) is 23.4. The summed E-state index contributed by atoms with van der Waals surface area (Å²) in [6.07, 6.45) is 75.8. The molecular weight excluding hydrogens is 875 g/mol. The number of rotatable bonds is 59. The van der Waals surface area contributed by atoms with Crippen molar-refractivity contribution in [3.63, 3.8) is 0 Å². The first kappa shape index (κ1) is 69.1. The number of amides is 1. The first-order valence-electron chi connectivity index (χ1n) is 31.8. The van der Waals surface area contributed by atoms with Crippen molar-refractivity contribution in [1.29, 1.82) is 0 Å². The summed E-state index contributed by atoms with van der Waals surface area (Å²) in [6.45, 7) is 4.91. The topological polar surface area (TPSA) is 95.9 Å². The number of carbonyl (C=O) groups excluding carboxylic acids is 2. The molecule has 0 aliphatic heterocycles. The molecule has 0 saturated carbocycles. The number of ether oxygens (including phenoxy) is 1. The summed E-state index contributed by atoms with van der Waals surface area (Å²) < 4.78 is 5.45. The highest BCUT2D eigenvalue weighted by molar-refractivity contribution is 5.76. The average Bonchev–Trinajstić information content (AvgIpc) is 3.37. The molecule has 0 aromatic rings. The molecule has 3 N–H and O–H groups in total. The van der Waals surface area contributed by atoms with Crippen LogP contribution in [0.3, 0.4) is 0 Å². The molecule has 0 aromatic heterocycles. The van der Waals surface area contributed by atoms with Gasteiger partial charge in [0.1, 0.15) is 0 Å². The number of allylic oxidation sites excluding steroid dienone is 6. The number of hydrogen-bond donors (Lipinski definition) is 3. The van der Waals surface area contributed by atoms with Crippen molar-refractivity contribution in [2.45, 2.75) is 353 Å². The summed E-state index contributed by atoms with van der Waals surface area (Å²) >= 11 is 0. The van der Waals surface area contributed by atoms with E-state index in [0.717, 1.165) is 77.0 Å². The zero-order valence-corrected chi connectivity index (χ0v) is 47.7. The summed E-state index contributed by atoms with van der Waals surface area (Å²) in [5.41, 5.74) is 0. The standard InChI is InChI=1S/C65H123NO5/c1-3-5-7-9-11-13-15-17-19-21-22-23-24-25-26-27-29-33-37-41-45-49-53-57-63(68)62(61-67)66-64(69)58-54-50-46-42-38-34-30-28-32-36-40-44-48-52-56-60-71-65(70)59-55-51-47-43-39-35-31-20-18-16-14-12-10-8-6-4-2/h20,28,31-32,36,40,62-63,67-68H,3-19,21-27,29-30,33-35,37-39,41-61H2,1-2H3,(H,66,69)/b31-20-,32-28-,40-36-. The van der Waals surface area contributed by atoms with E-state index in [1.54, 1.807) is 0 Å². The van der Waals surface area contributed by atoms with Crippen LogP contribution in [0.15, 0.2) is 36.5 Å². The third-order valence-electron chi connectivity index (χ3n) is 14.7. The lowest BCUT2D eigenvalue weighted by atomic mass is 10.0. The van der Waals surface area contributed by atoms with Crippen LogP contribution in [0.5, 0.6) is 0 Å². The molecule has 2 unspecified atom stereocenters. The second kappa shape index (κ2) is 60.6. The molecule has 0 heterocycles. The number of aliphatic hydroxyl groups is 2. The molecule has 1 amide bonds. The molecule has 0 rings (SSSR count). The van der Waals surface area contributed by atoms with Crippen LogP contribution in [0.1, 0.15) is 341 Å². The lowest BCUT2D eigenvalue weighted by Crippen LogP contribution is -2.45. The van der Waals surface area contributed by atoms with Crippen LogP contribution in [0.2, 0.25) is 0 Å². The van der Waals surface area contributed by atoms with E-state index in [4.69, 9.17) is 4.74 Å². The molecule has 0 spiro atoms. The average molecular weight is 999 g/mol. The number of nitrogens with one attached hydrogen (secondary N) is 1. The minimum Gasteiger partial charge on any atom is -0.466 e. The fourth-order valence-electron chi connectivity index (χ4n) is 9.80. The van der Waals surface area contributed by atoms with Gasteiger partial charge in [-0.1, -0.05) is 281 Å². The van der Waals surface area contributed by atoms with Gasteiger partial charge in [0.2, 0.25) is 5.91 Å². The second-order valence-corrected chi connectivity index (χ2v) is 21.8. The molecule has 0 aromatic carbocycles. The van der Waals surface area contributed by atoms with Crippen molar-refractivity contribution in [2.75, 3.05) is 13.2 Å². The fraction of sp³-hybridized carbons (Fsp3) is 0.877. The fourth-order valence-corrected chi connectivity index (χ4v) is 9.80. The van der Waals surface area contributed by atoms with Crippen LogP contribution in [0, 0.1) is 0 Å². The van der Waals surface area contributed by atoms with Crippen molar-refractivity contribution in [3.05, 3.63) is 36.5 Å². The van der Waals surface area contributed by atoms with E-state index in [9.17, 15) is 19.8 Å². The summed E-state index contributed by atoms with van der Waals surface area (Å²) in [7, 11) is 0. The van der Waals surface area contributed by atoms with E-state index < -0.39 is 12.1 Å². The van der Waals surface area contributed by atoms with Gasteiger partial charge in [0.05, 0.1) is 25.4 Å². The molecule has 0 fully saturated rings. The van der Waals surface area contributed by atoms with Gasteiger partial charge in [0.25, 0.3) is 0 Å². The van der Waals surface area contributed by atoms with Gasteiger partial charge in [-0.2, -0.15) is 0 Å². The molecule has 0 aliphatic rings. The zero-order chi connectivity index (χ0) is 51.4. The Labute approximate surface area is 443 Å². The lowest BCUT2D eigenvalue weighted by Gasteiger charge is -2.22. The normalized spacial score (nSPS) is 12.8. The van der Waals surface area contributed by atoms with Gasteiger partial charge in [-0.15, -0.1) is 0 Å². The predicted octanol–water partition coefficient (Wildman–Crippen LogP) is 20.0. The quantitative estimate of drug-likeness (QED) is 0.0244. The van der Waals surface area contributed by atoms with Crippen molar-refractivity contribution >= 4 is 11.9 Å². The van der Waals surface area contributed by atoms with Crippen molar-refractivity contribution in [3.8, 4) is 0 Å². The monoisotopic (exact) mass is 998 g/mol. The summed E-state index contributed by atoms with van der Waals surface area (Å²) in [6, 6.07) is -0.560. The van der Waals surface area contributed by atoms with Gasteiger partial charge >= 0.3 is 5.97 Å². The van der Waals surface area contributed by atoms with Crippen LogP contribution >= 0.6 is 0 Å². The second-order valence-electron chi connectivity index (χ2n) is 21.8. The first-order chi connectivity index (χ1) is 35.0. The SMILES string of the molecule is CCCCCCCCC/C=C\CCCCCCCC(=O)OCCCCC/C=C\C=C/CCCCCCCCC(=O)NC(CO)C(O)CCCCCCCCCCCCCCCCCCCCCCCCC. The molecule has 6 heteroatoms. The molecule has 418 valence electrons. The third-order valence-corrected chi connectivity index (χ3v) is 14.7. The highest BCUT2D eigenvalue weighted by Crippen LogP contribution is 2.18. The number of carbonyl (C=O) groups is 2. The van der Waals surface area contributed by atoms with Crippen LogP contribution in [0.4, 0.5) is 0 Å². The number of unbranched alkanes of at least 4 members (excludes halogenated alkanes) is 43. The van der Waals surface area contributed by atoms with E-state index in [-0.39, 0.29) is 18.5 Å². The Balaban J connectivity index is 3.50. The minimum absolute atomic E-state index is 0.0284. The van der Waals surface area contributed by atoms with Gasteiger partial charge < -0.3 is 20.3 Å². The predicted molar refractivity (Wildman–Crippen MR) is 310 cm³/mol. The van der Waals surface area contributed by atoms with Crippen molar-refractivity contribution in [1.82, 2.24) is 5.32 Å². The van der Waals surface area contributed by atoms with Crippen LogP contribution < -0.4 is 5.32 Å². The Hall–Kier alpha value is -1.92. The molecule has 2 atom stereocenters. The van der Waals surface area contributed by atoms with Crippen LogP contribution in [0.25, 0.3) is 0 Å². The lowest BCUT2D eigenvalue weighted by molar-refractivity contribution is -0.143. The number of esters is 1. The van der Waals surface area contributed by atoms with E-state index in [1.165, 1.54) is 231 Å². The van der Waals surface area contributed by atoms with Gasteiger partial charge in [-0.3, -0.25) is 9.59 Å². The Kier molecular flexibility index (Phi) is 59.0. The van der Waals surface area contributed by atoms with Gasteiger partial charge in [0, 0.05) is 12.8 Å².